The van der Waals surface area contributed by atoms with E-state index in [-0.39, 0.29) is 20.7 Å². The van der Waals surface area contributed by atoms with Crippen LogP contribution in [0.4, 0.5) is 0 Å². The Bertz CT molecular complexity index is 101. The van der Waals surface area contributed by atoms with E-state index in [0.717, 1.165) is 6.42 Å². The third-order valence-electron chi connectivity index (χ3n) is 1.70. The molecule has 0 amide bonds. The summed E-state index contributed by atoms with van der Waals surface area (Å²) < 4.78 is 14.5. The van der Waals surface area contributed by atoms with Gasteiger partial charge in [-0.3, -0.25) is 4.52 Å². The van der Waals surface area contributed by atoms with Gasteiger partial charge in [0.05, 0.1) is 13.2 Å². The predicted molar refractivity (Wildman–Crippen MR) is 39.0 cm³/mol. The molecule has 0 aliphatic rings. The van der Waals surface area contributed by atoms with Crippen LogP contribution >= 0.6 is 8.69 Å². The van der Waals surface area contributed by atoms with Gasteiger partial charge in [0.25, 0.3) is 0 Å². The Labute approximate surface area is 62.7 Å². The SMILES string of the molecule is CCC(C)(CO)COP=O. The van der Waals surface area contributed by atoms with Crippen molar-refractivity contribution in [2.75, 3.05) is 13.2 Å². The third-order valence-corrected chi connectivity index (χ3v) is 1.94. The average molecular weight is 164 g/mol. The number of hydrogen-bond acceptors (Lipinski definition) is 3. The average Bonchev–Trinajstić information content (AvgIpc) is 2.00. The van der Waals surface area contributed by atoms with Crippen molar-refractivity contribution in [1.82, 2.24) is 0 Å². The van der Waals surface area contributed by atoms with E-state index in [9.17, 15) is 4.57 Å². The first-order valence-corrected chi connectivity index (χ1v) is 3.97. The van der Waals surface area contributed by atoms with E-state index in [1.807, 2.05) is 13.8 Å². The summed E-state index contributed by atoms with van der Waals surface area (Å²) in [7, 11) is -0.313. The van der Waals surface area contributed by atoms with Gasteiger partial charge in [0, 0.05) is 5.41 Å². The standard InChI is InChI=1S/C6H13O3P/c1-3-6(2,4-7)5-9-10-8/h7H,3-5H2,1-2H3. The first-order chi connectivity index (χ1) is 4.68. The molecule has 1 N–H and O–H groups in total. The normalized spacial score (nSPS) is 17.1. The van der Waals surface area contributed by atoms with Gasteiger partial charge in [-0.25, -0.2) is 4.57 Å². The van der Waals surface area contributed by atoms with Gasteiger partial charge in [-0.15, -0.1) is 0 Å². The molecular weight excluding hydrogens is 151 g/mol. The molecule has 0 rings (SSSR count). The summed E-state index contributed by atoms with van der Waals surface area (Å²) in [6, 6.07) is 0. The lowest BCUT2D eigenvalue weighted by Crippen LogP contribution is -2.25. The molecule has 3 nitrogen and oxygen atoms in total. The van der Waals surface area contributed by atoms with Crippen LogP contribution in [0.5, 0.6) is 0 Å². The molecule has 0 radical (unpaired) electrons. The number of aliphatic hydroxyl groups is 1. The van der Waals surface area contributed by atoms with Crippen LogP contribution in [0.1, 0.15) is 20.3 Å². The lowest BCUT2D eigenvalue weighted by Gasteiger charge is -2.22. The maximum Gasteiger partial charge on any atom is 0.327 e. The van der Waals surface area contributed by atoms with Crippen LogP contribution in [-0.2, 0) is 9.09 Å². The first-order valence-electron chi connectivity index (χ1n) is 3.24. The molecular formula is C6H13O3P. The van der Waals surface area contributed by atoms with E-state index in [4.69, 9.17) is 5.11 Å². The molecule has 60 valence electrons. The molecule has 0 aliphatic heterocycles. The largest absolute Gasteiger partial charge is 0.396 e. The molecule has 0 saturated carbocycles. The molecule has 4 heteroatoms. The number of hydrogen-bond donors (Lipinski definition) is 1. The van der Waals surface area contributed by atoms with E-state index in [2.05, 4.69) is 4.52 Å². The van der Waals surface area contributed by atoms with Gasteiger partial charge in [-0.05, 0) is 6.42 Å². The fourth-order valence-electron chi connectivity index (χ4n) is 0.442. The summed E-state index contributed by atoms with van der Waals surface area (Å²) in [4.78, 5) is 0. The van der Waals surface area contributed by atoms with Gasteiger partial charge >= 0.3 is 8.69 Å². The van der Waals surface area contributed by atoms with Gasteiger partial charge in [0.2, 0.25) is 0 Å². The van der Waals surface area contributed by atoms with Gasteiger partial charge < -0.3 is 5.11 Å². The van der Waals surface area contributed by atoms with Crippen LogP contribution < -0.4 is 0 Å². The summed E-state index contributed by atoms with van der Waals surface area (Å²) >= 11 is 0. The molecule has 0 aliphatic carbocycles. The van der Waals surface area contributed by atoms with Gasteiger partial charge in [-0.2, -0.15) is 0 Å². The van der Waals surface area contributed by atoms with Gasteiger partial charge in [0.15, 0.2) is 0 Å². The minimum absolute atomic E-state index is 0.0685. The molecule has 1 atom stereocenters. The molecule has 0 aromatic carbocycles. The summed E-state index contributed by atoms with van der Waals surface area (Å²) in [6.07, 6.45) is 0.818. The van der Waals surface area contributed by atoms with Crippen molar-refractivity contribution in [2.24, 2.45) is 5.41 Å². The van der Waals surface area contributed by atoms with E-state index < -0.39 is 0 Å². The van der Waals surface area contributed by atoms with E-state index in [0.29, 0.717) is 6.61 Å². The number of rotatable bonds is 5. The fraction of sp³-hybridized carbons (Fsp3) is 1.00. The van der Waals surface area contributed by atoms with Crippen LogP contribution in [0.25, 0.3) is 0 Å². The van der Waals surface area contributed by atoms with Crippen molar-refractivity contribution in [3.05, 3.63) is 0 Å². The zero-order chi connectivity index (χ0) is 8.04. The second-order valence-electron chi connectivity index (χ2n) is 2.67. The van der Waals surface area contributed by atoms with Crippen LogP contribution in [0.15, 0.2) is 0 Å². The van der Waals surface area contributed by atoms with Crippen molar-refractivity contribution in [1.29, 1.82) is 0 Å². The highest BCUT2D eigenvalue weighted by Crippen LogP contribution is 2.21. The Morgan fingerprint density at radius 3 is 2.60 bits per heavy atom. The van der Waals surface area contributed by atoms with Crippen LogP contribution in [0.2, 0.25) is 0 Å². The Hall–Kier alpha value is 0.0200. The molecule has 0 bridgehead atoms. The molecule has 0 aromatic heterocycles. The summed E-state index contributed by atoms with van der Waals surface area (Å²) in [6.45, 7) is 4.25. The van der Waals surface area contributed by atoms with Gasteiger partial charge in [0.1, 0.15) is 0 Å². The lowest BCUT2D eigenvalue weighted by molar-refractivity contribution is 0.0845. The maximum absolute atomic E-state index is 9.88. The Morgan fingerprint density at radius 2 is 2.30 bits per heavy atom. The van der Waals surface area contributed by atoms with E-state index >= 15 is 0 Å². The zero-order valence-electron chi connectivity index (χ0n) is 6.33. The maximum atomic E-state index is 9.88. The van der Waals surface area contributed by atoms with Crippen molar-refractivity contribution >= 4 is 8.69 Å². The minimum atomic E-state index is -0.313. The van der Waals surface area contributed by atoms with E-state index in [1.54, 1.807) is 0 Å². The van der Waals surface area contributed by atoms with E-state index in [1.165, 1.54) is 0 Å². The second kappa shape index (κ2) is 4.78. The van der Waals surface area contributed by atoms with Crippen molar-refractivity contribution in [3.63, 3.8) is 0 Å². The highest BCUT2D eigenvalue weighted by molar-refractivity contribution is 7.17. The zero-order valence-corrected chi connectivity index (χ0v) is 7.23. The molecule has 0 spiro atoms. The van der Waals surface area contributed by atoms with Crippen molar-refractivity contribution in [2.45, 2.75) is 20.3 Å². The smallest absolute Gasteiger partial charge is 0.327 e. The number of aliphatic hydroxyl groups excluding tert-OH is 1. The molecule has 0 fully saturated rings. The summed E-state index contributed by atoms with van der Waals surface area (Å²) in [5.41, 5.74) is -0.239. The molecule has 10 heavy (non-hydrogen) atoms. The van der Waals surface area contributed by atoms with Crippen molar-refractivity contribution in [3.8, 4) is 0 Å². The quantitative estimate of drug-likeness (QED) is 0.628. The molecule has 0 saturated heterocycles. The predicted octanol–water partition coefficient (Wildman–Crippen LogP) is 1.62. The fourth-order valence-corrected chi connectivity index (χ4v) is 0.806. The summed E-state index contributed by atoms with van der Waals surface area (Å²) in [5, 5.41) is 8.83. The van der Waals surface area contributed by atoms with Crippen LogP contribution in [0, 0.1) is 5.41 Å². The Balaban J connectivity index is 3.68. The second-order valence-corrected chi connectivity index (χ2v) is 3.08. The highest BCUT2D eigenvalue weighted by atomic mass is 31.1. The van der Waals surface area contributed by atoms with Gasteiger partial charge in [-0.1, -0.05) is 13.8 Å². The minimum Gasteiger partial charge on any atom is -0.396 e. The third kappa shape index (κ3) is 3.25. The topological polar surface area (TPSA) is 46.5 Å². The molecule has 0 heterocycles. The molecule has 0 aromatic rings. The van der Waals surface area contributed by atoms with Crippen molar-refractivity contribution < 1.29 is 14.2 Å². The highest BCUT2D eigenvalue weighted by Gasteiger charge is 2.21. The Morgan fingerprint density at radius 1 is 1.70 bits per heavy atom. The Kier molecular flexibility index (Phi) is 4.79. The molecule has 1 unspecified atom stereocenters. The van der Waals surface area contributed by atoms with Crippen LogP contribution in [0.3, 0.4) is 0 Å². The monoisotopic (exact) mass is 164 g/mol. The first kappa shape index (κ1) is 10.0. The van der Waals surface area contributed by atoms with Crippen LogP contribution in [-0.4, -0.2) is 18.3 Å². The lowest BCUT2D eigenvalue weighted by atomic mass is 9.90. The summed E-state index contributed by atoms with van der Waals surface area (Å²) in [5.74, 6) is 0.